The molecule has 0 unspecified atom stereocenters. The van der Waals surface area contributed by atoms with E-state index in [1.807, 2.05) is 30.3 Å². The number of benzene rings is 1. The van der Waals surface area contributed by atoms with Gasteiger partial charge in [0.05, 0.1) is 0 Å². The lowest BCUT2D eigenvalue weighted by Gasteiger charge is -2.36. The van der Waals surface area contributed by atoms with Crippen LogP contribution in [-0.2, 0) is 20.9 Å². The Bertz CT molecular complexity index is 663. The maximum Gasteiger partial charge on any atom is 0.410 e. The zero-order valence-corrected chi connectivity index (χ0v) is 14.7. The van der Waals surface area contributed by atoms with E-state index in [-0.39, 0.29) is 12.5 Å². The van der Waals surface area contributed by atoms with E-state index in [0.717, 1.165) is 18.4 Å². The standard InChI is InChI=1S/C19H24N2O5/c22-17(20-12-6-10-16(20)18(23)24)15-9-4-5-11-21(15)19(25)26-13-14-7-2-1-3-8-14/h1-3,7-8,15-16H,4-6,9-13H2,(H,23,24)/t15-,16+/m1/s1. The van der Waals surface area contributed by atoms with Crippen molar-refractivity contribution in [3.63, 3.8) is 0 Å². The first-order valence-electron chi connectivity index (χ1n) is 9.08. The van der Waals surface area contributed by atoms with E-state index < -0.39 is 24.1 Å². The second kappa shape index (κ2) is 8.21. The molecular formula is C19H24N2O5. The summed E-state index contributed by atoms with van der Waals surface area (Å²) in [5.74, 6) is -1.25. The predicted octanol–water partition coefficient (Wildman–Crippen LogP) is 2.25. The van der Waals surface area contributed by atoms with Gasteiger partial charge in [0.1, 0.15) is 18.7 Å². The molecule has 0 bridgehead atoms. The van der Waals surface area contributed by atoms with E-state index in [9.17, 15) is 19.5 Å². The molecule has 3 rings (SSSR count). The summed E-state index contributed by atoms with van der Waals surface area (Å²) < 4.78 is 5.38. The van der Waals surface area contributed by atoms with Crippen LogP contribution in [-0.4, -0.2) is 58.0 Å². The van der Waals surface area contributed by atoms with Gasteiger partial charge in [-0.25, -0.2) is 9.59 Å². The van der Waals surface area contributed by atoms with Crippen molar-refractivity contribution in [1.29, 1.82) is 0 Å². The van der Waals surface area contributed by atoms with Crippen molar-refractivity contribution in [2.24, 2.45) is 0 Å². The molecule has 0 radical (unpaired) electrons. The molecule has 7 nitrogen and oxygen atoms in total. The molecule has 2 heterocycles. The van der Waals surface area contributed by atoms with Gasteiger partial charge in [-0.1, -0.05) is 30.3 Å². The van der Waals surface area contributed by atoms with Gasteiger partial charge in [0.2, 0.25) is 5.91 Å². The average Bonchev–Trinajstić information content (AvgIpc) is 3.16. The molecule has 1 N–H and O–H groups in total. The highest BCUT2D eigenvalue weighted by atomic mass is 16.6. The Morgan fingerprint density at radius 2 is 1.65 bits per heavy atom. The highest BCUT2D eigenvalue weighted by Gasteiger charge is 2.41. The molecule has 2 aliphatic rings. The normalized spacial score (nSPS) is 22.9. The third kappa shape index (κ3) is 3.98. The minimum atomic E-state index is -0.982. The molecule has 140 valence electrons. The number of aliphatic carboxylic acids is 1. The summed E-state index contributed by atoms with van der Waals surface area (Å²) in [7, 11) is 0. The number of carbonyl (C=O) groups is 3. The number of hydrogen-bond acceptors (Lipinski definition) is 4. The van der Waals surface area contributed by atoms with Crippen molar-refractivity contribution in [3.8, 4) is 0 Å². The molecule has 2 amide bonds. The fourth-order valence-electron chi connectivity index (χ4n) is 3.69. The van der Waals surface area contributed by atoms with Crippen molar-refractivity contribution in [2.75, 3.05) is 13.1 Å². The molecule has 2 aliphatic heterocycles. The Morgan fingerprint density at radius 1 is 0.962 bits per heavy atom. The summed E-state index contributed by atoms with van der Waals surface area (Å²) in [5, 5.41) is 9.32. The van der Waals surface area contributed by atoms with Crippen LogP contribution < -0.4 is 0 Å². The number of carboxylic acid groups (broad SMARTS) is 1. The first kappa shape index (κ1) is 18.2. The van der Waals surface area contributed by atoms with Crippen LogP contribution in [0.5, 0.6) is 0 Å². The maximum absolute atomic E-state index is 12.9. The molecule has 2 atom stereocenters. The lowest BCUT2D eigenvalue weighted by Crippen LogP contribution is -2.55. The van der Waals surface area contributed by atoms with Crippen LogP contribution in [0.25, 0.3) is 0 Å². The molecule has 1 aromatic rings. The average molecular weight is 360 g/mol. The van der Waals surface area contributed by atoms with Crippen molar-refractivity contribution in [2.45, 2.75) is 50.8 Å². The molecule has 1 aromatic carbocycles. The second-order valence-electron chi connectivity index (χ2n) is 6.77. The topological polar surface area (TPSA) is 87.2 Å². The monoisotopic (exact) mass is 360 g/mol. The lowest BCUT2D eigenvalue weighted by atomic mass is 10.0. The van der Waals surface area contributed by atoms with E-state index in [0.29, 0.717) is 32.4 Å². The first-order valence-corrected chi connectivity index (χ1v) is 9.08. The van der Waals surface area contributed by atoms with E-state index in [4.69, 9.17) is 4.74 Å². The van der Waals surface area contributed by atoms with Crippen LogP contribution in [0, 0.1) is 0 Å². The van der Waals surface area contributed by atoms with Crippen molar-refractivity contribution in [3.05, 3.63) is 35.9 Å². The first-order chi connectivity index (χ1) is 12.6. The fraction of sp³-hybridized carbons (Fsp3) is 0.526. The molecule has 0 spiro atoms. The van der Waals surface area contributed by atoms with E-state index in [1.54, 1.807) is 0 Å². The number of carboxylic acids is 1. The number of rotatable bonds is 4. The Kier molecular flexibility index (Phi) is 5.75. The molecule has 0 aliphatic carbocycles. The zero-order chi connectivity index (χ0) is 18.5. The molecule has 26 heavy (non-hydrogen) atoms. The van der Waals surface area contributed by atoms with Crippen LogP contribution in [0.2, 0.25) is 0 Å². The Labute approximate surface area is 152 Å². The van der Waals surface area contributed by atoms with Crippen molar-refractivity contribution in [1.82, 2.24) is 9.80 Å². The van der Waals surface area contributed by atoms with Crippen molar-refractivity contribution < 1.29 is 24.2 Å². The van der Waals surface area contributed by atoms with Crippen LogP contribution in [0.3, 0.4) is 0 Å². The lowest BCUT2D eigenvalue weighted by molar-refractivity contribution is -0.150. The Balaban J connectivity index is 1.66. The zero-order valence-electron chi connectivity index (χ0n) is 14.7. The Hall–Kier alpha value is -2.57. The fourth-order valence-corrected chi connectivity index (χ4v) is 3.69. The highest BCUT2D eigenvalue weighted by Crippen LogP contribution is 2.25. The van der Waals surface area contributed by atoms with E-state index in [1.165, 1.54) is 9.80 Å². The maximum atomic E-state index is 12.9. The Morgan fingerprint density at radius 3 is 2.38 bits per heavy atom. The van der Waals surface area contributed by atoms with Crippen LogP contribution in [0.15, 0.2) is 30.3 Å². The van der Waals surface area contributed by atoms with Gasteiger partial charge in [-0.15, -0.1) is 0 Å². The number of amides is 2. The quantitative estimate of drug-likeness (QED) is 0.890. The largest absolute Gasteiger partial charge is 0.480 e. The molecule has 2 saturated heterocycles. The number of likely N-dealkylation sites (tertiary alicyclic amines) is 2. The van der Waals surface area contributed by atoms with Crippen LogP contribution in [0.1, 0.15) is 37.7 Å². The summed E-state index contributed by atoms with van der Waals surface area (Å²) in [5.41, 5.74) is 0.881. The summed E-state index contributed by atoms with van der Waals surface area (Å²) in [6.07, 6.45) is 2.82. The number of hydrogen-bond donors (Lipinski definition) is 1. The summed E-state index contributed by atoms with van der Waals surface area (Å²) >= 11 is 0. The van der Waals surface area contributed by atoms with E-state index >= 15 is 0 Å². The number of nitrogens with zero attached hydrogens (tertiary/aromatic N) is 2. The minimum Gasteiger partial charge on any atom is -0.480 e. The summed E-state index contributed by atoms with van der Waals surface area (Å²) in [4.78, 5) is 39.7. The van der Waals surface area contributed by atoms with Gasteiger partial charge >= 0.3 is 12.1 Å². The van der Waals surface area contributed by atoms with Gasteiger partial charge in [-0.05, 0) is 37.7 Å². The van der Waals surface area contributed by atoms with Gasteiger partial charge in [0.15, 0.2) is 0 Å². The molecule has 2 fully saturated rings. The smallest absolute Gasteiger partial charge is 0.410 e. The van der Waals surface area contributed by atoms with Gasteiger partial charge in [0, 0.05) is 13.1 Å². The van der Waals surface area contributed by atoms with E-state index in [2.05, 4.69) is 0 Å². The predicted molar refractivity (Wildman–Crippen MR) is 93.3 cm³/mol. The van der Waals surface area contributed by atoms with Crippen molar-refractivity contribution >= 4 is 18.0 Å². The minimum absolute atomic E-state index is 0.151. The molecular weight excluding hydrogens is 336 g/mol. The summed E-state index contributed by atoms with van der Waals surface area (Å²) in [6.45, 7) is 1.04. The number of carbonyl (C=O) groups excluding carboxylic acids is 2. The van der Waals surface area contributed by atoms with Crippen LogP contribution in [0.4, 0.5) is 4.79 Å². The van der Waals surface area contributed by atoms with Gasteiger partial charge < -0.3 is 14.7 Å². The van der Waals surface area contributed by atoms with Gasteiger partial charge in [-0.3, -0.25) is 9.69 Å². The third-order valence-electron chi connectivity index (χ3n) is 5.05. The van der Waals surface area contributed by atoms with Crippen LogP contribution >= 0.6 is 0 Å². The van der Waals surface area contributed by atoms with Gasteiger partial charge in [-0.2, -0.15) is 0 Å². The second-order valence-corrected chi connectivity index (χ2v) is 6.77. The molecule has 7 heteroatoms. The SMILES string of the molecule is O=C(O)[C@@H]1CCCN1C(=O)[C@H]1CCCCN1C(=O)OCc1ccccc1. The number of piperidine rings is 1. The summed E-state index contributed by atoms with van der Waals surface area (Å²) in [6, 6.07) is 7.95. The highest BCUT2D eigenvalue weighted by molar-refractivity contribution is 5.90. The third-order valence-corrected chi connectivity index (χ3v) is 5.05. The van der Waals surface area contributed by atoms with Gasteiger partial charge in [0.25, 0.3) is 0 Å². The molecule has 0 saturated carbocycles. The number of ether oxygens (including phenoxy) is 1. The molecule has 0 aromatic heterocycles.